The lowest BCUT2D eigenvalue weighted by Gasteiger charge is -2.27. The van der Waals surface area contributed by atoms with Crippen molar-refractivity contribution in [3.8, 4) is 17.2 Å². The minimum atomic E-state index is -0.684. The predicted octanol–water partition coefficient (Wildman–Crippen LogP) is 6.13. The molecule has 0 radical (unpaired) electrons. The van der Waals surface area contributed by atoms with Crippen molar-refractivity contribution in [2.24, 2.45) is 0 Å². The van der Waals surface area contributed by atoms with Gasteiger partial charge in [-0.15, -0.1) is 0 Å². The van der Waals surface area contributed by atoms with Gasteiger partial charge in [0.15, 0.2) is 0 Å². The lowest BCUT2D eigenvalue weighted by atomic mass is 9.77. The number of hydrogen-bond acceptors (Lipinski definition) is 8. The Balaban J connectivity index is 1.25. The molecule has 8 heteroatoms. The molecule has 200 valence electrons. The largest absolute Gasteiger partial charge is 0.490 e. The first-order valence-corrected chi connectivity index (χ1v) is 12.4. The maximum Gasteiger partial charge on any atom is 0.347 e. The van der Waals surface area contributed by atoms with Crippen LogP contribution in [0.3, 0.4) is 0 Å². The minimum absolute atomic E-state index is 0.184. The fraction of sp³-hybridized carbons (Fsp3) is 0.125. The minimum Gasteiger partial charge on any atom is -0.490 e. The fourth-order valence-electron chi connectivity index (χ4n) is 4.44. The number of carbonyl (C=O) groups excluding carboxylic acids is 4. The number of hydrogen-bond donors (Lipinski definition) is 0. The Morgan fingerprint density at radius 3 is 1.88 bits per heavy atom. The van der Waals surface area contributed by atoms with E-state index in [1.165, 1.54) is 24.3 Å². The highest BCUT2D eigenvalue weighted by Crippen LogP contribution is 2.35. The van der Waals surface area contributed by atoms with Crippen LogP contribution in [-0.2, 0) is 14.9 Å². The molecule has 0 saturated carbocycles. The van der Waals surface area contributed by atoms with Crippen LogP contribution in [0.5, 0.6) is 17.2 Å². The molecule has 0 N–H and O–H groups in total. The first-order valence-electron chi connectivity index (χ1n) is 12.4. The van der Waals surface area contributed by atoms with Crippen LogP contribution in [0.4, 0.5) is 0 Å². The summed E-state index contributed by atoms with van der Waals surface area (Å²) in [5.41, 5.74) is 2.43. The van der Waals surface area contributed by atoms with Gasteiger partial charge in [0.1, 0.15) is 23.9 Å². The normalized spacial score (nSPS) is 14.6. The van der Waals surface area contributed by atoms with E-state index in [2.05, 4.69) is 29.9 Å². The molecule has 0 aliphatic carbocycles. The molecule has 0 aromatic heterocycles. The molecule has 0 spiro atoms. The molecule has 5 rings (SSSR count). The van der Waals surface area contributed by atoms with Crippen molar-refractivity contribution in [2.75, 3.05) is 6.61 Å². The van der Waals surface area contributed by atoms with Gasteiger partial charge >= 0.3 is 23.9 Å². The van der Waals surface area contributed by atoms with Crippen molar-refractivity contribution < 1.29 is 38.1 Å². The van der Waals surface area contributed by atoms with Crippen molar-refractivity contribution in [3.63, 3.8) is 0 Å². The maximum absolute atomic E-state index is 11.8. The van der Waals surface area contributed by atoms with E-state index in [1.807, 2.05) is 42.5 Å². The molecular formula is C32H24O8. The summed E-state index contributed by atoms with van der Waals surface area (Å²) >= 11 is 0. The van der Waals surface area contributed by atoms with Crippen LogP contribution < -0.4 is 9.47 Å². The SMILES string of the molecule is C=C/C=C(\C=C/COc1ccc2c(c1)C(=O)OC2=O)C(C)(C)c1ccc(Oc2ccc3c(c2)C(=O)OC3=O)cc1. The zero-order valence-electron chi connectivity index (χ0n) is 21.8. The molecule has 0 unspecified atom stereocenters. The van der Waals surface area contributed by atoms with Gasteiger partial charge in [0, 0.05) is 5.41 Å². The lowest BCUT2D eigenvalue weighted by molar-refractivity contribution is 0.0425. The van der Waals surface area contributed by atoms with Crippen LogP contribution >= 0.6 is 0 Å². The second-order valence-corrected chi connectivity index (χ2v) is 9.59. The van der Waals surface area contributed by atoms with Crippen LogP contribution in [-0.4, -0.2) is 30.5 Å². The molecule has 2 aliphatic heterocycles. The van der Waals surface area contributed by atoms with Crippen molar-refractivity contribution in [2.45, 2.75) is 19.3 Å². The van der Waals surface area contributed by atoms with E-state index in [0.717, 1.165) is 11.1 Å². The van der Waals surface area contributed by atoms with Crippen molar-refractivity contribution in [1.82, 2.24) is 0 Å². The van der Waals surface area contributed by atoms with Gasteiger partial charge in [-0.05, 0) is 65.7 Å². The molecule has 3 aromatic rings. The van der Waals surface area contributed by atoms with Crippen LogP contribution in [0, 0.1) is 0 Å². The van der Waals surface area contributed by atoms with Crippen LogP contribution in [0.2, 0.25) is 0 Å². The molecule has 8 nitrogen and oxygen atoms in total. The summed E-state index contributed by atoms with van der Waals surface area (Å²) in [5, 5.41) is 0. The number of allylic oxidation sites excluding steroid dienone is 4. The third-order valence-corrected chi connectivity index (χ3v) is 6.71. The topological polar surface area (TPSA) is 105 Å². The summed E-state index contributed by atoms with van der Waals surface area (Å²) in [6, 6.07) is 16.8. The molecule has 2 heterocycles. The zero-order valence-corrected chi connectivity index (χ0v) is 21.8. The highest BCUT2D eigenvalue weighted by Gasteiger charge is 2.31. The quantitative estimate of drug-likeness (QED) is 0.183. The second kappa shape index (κ2) is 10.5. The summed E-state index contributed by atoms with van der Waals surface area (Å²) in [5.74, 6) is -1.24. The average Bonchev–Trinajstić information content (AvgIpc) is 3.38. The summed E-state index contributed by atoms with van der Waals surface area (Å²) in [6.45, 7) is 8.23. The summed E-state index contributed by atoms with van der Waals surface area (Å²) < 4.78 is 20.9. The highest BCUT2D eigenvalue weighted by atomic mass is 16.6. The number of rotatable bonds is 9. The van der Waals surface area contributed by atoms with E-state index in [9.17, 15) is 19.2 Å². The molecule has 0 fully saturated rings. The molecule has 40 heavy (non-hydrogen) atoms. The Morgan fingerprint density at radius 2 is 1.27 bits per heavy atom. The van der Waals surface area contributed by atoms with Crippen molar-refractivity contribution in [1.29, 1.82) is 0 Å². The zero-order chi connectivity index (χ0) is 28.4. The molecule has 0 saturated heterocycles. The smallest absolute Gasteiger partial charge is 0.347 e. The van der Waals surface area contributed by atoms with Gasteiger partial charge in [-0.1, -0.05) is 50.8 Å². The van der Waals surface area contributed by atoms with Gasteiger partial charge in [-0.2, -0.15) is 0 Å². The Morgan fingerprint density at radius 1 is 0.750 bits per heavy atom. The number of benzene rings is 3. The number of fused-ring (bicyclic) bond motifs is 2. The number of esters is 4. The Hall–Kier alpha value is -5.24. The predicted molar refractivity (Wildman–Crippen MR) is 145 cm³/mol. The third-order valence-electron chi connectivity index (χ3n) is 6.71. The average molecular weight is 537 g/mol. The summed E-state index contributed by atoms with van der Waals surface area (Å²) in [7, 11) is 0. The van der Waals surface area contributed by atoms with Gasteiger partial charge in [0.2, 0.25) is 0 Å². The van der Waals surface area contributed by atoms with E-state index >= 15 is 0 Å². The Labute approximate surface area is 230 Å². The van der Waals surface area contributed by atoms with Gasteiger partial charge in [0.05, 0.1) is 22.3 Å². The van der Waals surface area contributed by atoms with Gasteiger partial charge < -0.3 is 18.9 Å². The van der Waals surface area contributed by atoms with E-state index in [4.69, 9.17) is 9.47 Å². The number of cyclic esters (lactones) is 4. The van der Waals surface area contributed by atoms with E-state index in [-0.39, 0.29) is 28.9 Å². The van der Waals surface area contributed by atoms with E-state index in [0.29, 0.717) is 17.2 Å². The van der Waals surface area contributed by atoms with Crippen molar-refractivity contribution >= 4 is 23.9 Å². The number of carbonyl (C=O) groups is 4. The molecular weight excluding hydrogens is 512 g/mol. The first kappa shape index (κ1) is 26.4. The van der Waals surface area contributed by atoms with Crippen LogP contribution in [0.15, 0.2) is 97.1 Å². The van der Waals surface area contributed by atoms with Gasteiger partial charge in [-0.3, -0.25) is 0 Å². The molecule has 0 atom stereocenters. The van der Waals surface area contributed by atoms with E-state index in [1.54, 1.807) is 18.2 Å². The molecule has 2 aliphatic rings. The lowest BCUT2D eigenvalue weighted by Crippen LogP contribution is -2.19. The molecule has 0 amide bonds. The monoisotopic (exact) mass is 536 g/mol. The third kappa shape index (κ3) is 5.07. The summed E-state index contributed by atoms with van der Waals surface area (Å²) in [6.07, 6.45) is 7.44. The Kier molecular flexibility index (Phi) is 6.92. The highest BCUT2D eigenvalue weighted by molar-refractivity contribution is 6.15. The van der Waals surface area contributed by atoms with Gasteiger partial charge in [0.25, 0.3) is 0 Å². The molecule has 0 bridgehead atoms. The van der Waals surface area contributed by atoms with Crippen LogP contribution in [0.25, 0.3) is 0 Å². The molecule has 3 aromatic carbocycles. The van der Waals surface area contributed by atoms with Gasteiger partial charge in [-0.25, -0.2) is 19.2 Å². The maximum atomic E-state index is 11.8. The first-order chi connectivity index (χ1) is 19.2. The second-order valence-electron chi connectivity index (χ2n) is 9.59. The summed E-state index contributed by atoms with van der Waals surface area (Å²) in [4.78, 5) is 46.9. The Bertz CT molecular complexity index is 1620. The van der Waals surface area contributed by atoms with E-state index < -0.39 is 29.3 Å². The number of ether oxygens (including phenoxy) is 4. The fourth-order valence-corrected chi connectivity index (χ4v) is 4.44. The standard InChI is InChI=1S/C32H24O8/c1-4-6-19(7-5-16-37-22-12-14-24-26(17-22)30(35)39-28(24)33)32(2,3)20-8-10-21(11-9-20)38-23-13-15-25-27(18-23)31(36)40-29(25)34/h4-15,17-18H,1,16H2,2-3H3/b7-5-,19-6+. The van der Waals surface area contributed by atoms with Crippen molar-refractivity contribution in [3.05, 3.63) is 125 Å². The van der Waals surface area contributed by atoms with Crippen LogP contribution in [0.1, 0.15) is 60.8 Å².